The van der Waals surface area contributed by atoms with Crippen molar-refractivity contribution >= 4 is 5.95 Å². The summed E-state index contributed by atoms with van der Waals surface area (Å²) in [6.45, 7) is 3.10. The molecule has 1 heterocycles. The molecule has 1 aromatic carbocycles. The summed E-state index contributed by atoms with van der Waals surface area (Å²) in [5.41, 5.74) is 2.94. The fourth-order valence-electron chi connectivity index (χ4n) is 2.55. The highest BCUT2D eigenvalue weighted by atomic mass is 15.2. The van der Waals surface area contributed by atoms with E-state index in [1.54, 1.807) is 0 Å². The van der Waals surface area contributed by atoms with Crippen LogP contribution < -0.4 is 5.32 Å². The molecule has 1 aliphatic rings. The number of aryl methyl sites for hydroxylation is 1. The molecule has 17 heavy (non-hydrogen) atoms. The molecule has 2 aromatic rings. The third-order valence-corrected chi connectivity index (χ3v) is 3.44. The highest BCUT2D eigenvalue weighted by molar-refractivity contribution is 5.38. The van der Waals surface area contributed by atoms with Gasteiger partial charge in [-0.1, -0.05) is 24.3 Å². The molecule has 0 unspecified atom stereocenters. The normalized spacial score (nSPS) is 14.9. The Balaban J connectivity index is 1.74. The monoisotopic (exact) mass is 227 g/mol. The molecule has 0 amide bonds. The molecule has 0 spiro atoms. The summed E-state index contributed by atoms with van der Waals surface area (Å²) in [6, 6.07) is 9.18. The highest BCUT2D eigenvalue weighted by Gasteiger charge is 2.21. The molecule has 0 saturated heterocycles. The first-order valence-electron chi connectivity index (χ1n) is 6.21. The van der Waals surface area contributed by atoms with Gasteiger partial charge in [-0.3, -0.25) is 0 Å². The third-order valence-electron chi connectivity index (χ3n) is 3.44. The lowest BCUT2D eigenvalue weighted by atomic mass is 10.1. The molecule has 3 rings (SSSR count). The van der Waals surface area contributed by atoms with E-state index in [4.69, 9.17) is 0 Å². The molecule has 1 aromatic heterocycles. The SMILES string of the molecule is CCn1ccnc1NC1Cc2ccccc2C1. The standard InChI is InChI=1S/C14H17N3/c1-2-17-8-7-15-14(17)16-13-9-11-5-3-4-6-12(11)10-13/h3-8,13H,2,9-10H2,1H3,(H,15,16). The van der Waals surface area contributed by atoms with Crippen molar-refractivity contribution in [1.82, 2.24) is 9.55 Å². The largest absolute Gasteiger partial charge is 0.352 e. The zero-order valence-electron chi connectivity index (χ0n) is 10.1. The second kappa shape index (κ2) is 4.24. The number of nitrogens with one attached hydrogen (secondary N) is 1. The Kier molecular flexibility index (Phi) is 2.59. The summed E-state index contributed by atoms with van der Waals surface area (Å²) in [6.07, 6.45) is 6.08. The van der Waals surface area contributed by atoms with Gasteiger partial charge in [-0.15, -0.1) is 0 Å². The Morgan fingerprint density at radius 1 is 1.29 bits per heavy atom. The highest BCUT2D eigenvalue weighted by Crippen LogP contribution is 2.23. The molecule has 0 saturated carbocycles. The first-order chi connectivity index (χ1) is 8.36. The van der Waals surface area contributed by atoms with Gasteiger partial charge in [-0.2, -0.15) is 0 Å². The molecule has 0 aliphatic heterocycles. The summed E-state index contributed by atoms with van der Waals surface area (Å²) in [5, 5.41) is 3.54. The molecular weight excluding hydrogens is 210 g/mol. The molecule has 3 heteroatoms. The van der Waals surface area contributed by atoms with E-state index in [0.29, 0.717) is 6.04 Å². The summed E-state index contributed by atoms with van der Waals surface area (Å²) in [4.78, 5) is 4.37. The maximum Gasteiger partial charge on any atom is 0.202 e. The van der Waals surface area contributed by atoms with Gasteiger partial charge >= 0.3 is 0 Å². The maximum atomic E-state index is 4.37. The molecule has 0 bridgehead atoms. The summed E-state index contributed by atoms with van der Waals surface area (Å²) < 4.78 is 2.14. The predicted octanol–water partition coefficient (Wildman–Crippen LogP) is 2.48. The van der Waals surface area contributed by atoms with Gasteiger partial charge < -0.3 is 9.88 Å². The van der Waals surface area contributed by atoms with Gasteiger partial charge in [0.05, 0.1) is 0 Å². The maximum absolute atomic E-state index is 4.37. The van der Waals surface area contributed by atoms with Crippen LogP contribution in [0.3, 0.4) is 0 Å². The van der Waals surface area contributed by atoms with Crippen molar-refractivity contribution < 1.29 is 0 Å². The number of aromatic nitrogens is 2. The molecule has 0 fully saturated rings. The molecule has 88 valence electrons. The lowest BCUT2D eigenvalue weighted by molar-refractivity contribution is 0.715. The minimum absolute atomic E-state index is 0.486. The van der Waals surface area contributed by atoms with Crippen molar-refractivity contribution in [3.8, 4) is 0 Å². The van der Waals surface area contributed by atoms with Gasteiger partial charge in [-0.05, 0) is 30.9 Å². The number of hydrogen-bond donors (Lipinski definition) is 1. The van der Waals surface area contributed by atoms with E-state index in [1.807, 2.05) is 12.4 Å². The average Bonchev–Trinajstić information content (AvgIpc) is 2.94. The number of anilines is 1. The number of hydrogen-bond acceptors (Lipinski definition) is 2. The lowest BCUT2D eigenvalue weighted by Crippen LogP contribution is -2.22. The van der Waals surface area contributed by atoms with E-state index in [1.165, 1.54) is 11.1 Å². The van der Waals surface area contributed by atoms with E-state index in [2.05, 4.69) is 46.1 Å². The number of benzene rings is 1. The van der Waals surface area contributed by atoms with Gasteiger partial charge in [0.25, 0.3) is 0 Å². The average molecular weight is 227 g/mol. The Morgan fingerprint density at radius 2 is 2.00 bits per heavy atom. The Hall–Kier alpha value is -1.77. The van der Waals surface area contributed by atoms with E-state index in [-0.39, 0.29) is 0 Å². The lowest BCUT2D eigenvalue weighted by Gasteiger charge is -2.13. The van der Waals surface area contributed by atoms with Crippen LogP contribution in [-0.2, 0) is 19.4 Å². The van der Waals surface area contributed by atoms with Gasteiger partial charge in [0.2, 0.25) is 5.95 Å². The zero-order chi connectivity index (χ0) is 11.7. The first kappa shape index (κ1) is 10.4. The predicted molar refractivity (Wildman–Crippen MR) is 69.2 cm³/mol. The summed E-state index contributed by atoms with van der Waals surface area (Å²) in [7, 11) is 0. The molecule has 1 aliphatic carbocycles. The topological polar surface area (TPSA) is 29.9 Å². The molecule has 3 nitrogen and oxygen atoms in total. The summed E-state index contributed by atoms with van der Waals surface area (Å²) in [5.74, 6) is 0.991. The number of rotatable bonds is 3. The van der Waals surface area contributed by atoms with Crippen LogP contribution >= 0.6 is 0 Å². The van der Waals surface area contributed by atoms with Crippen LogP contribution in [0, 0.1) is 0 Å². The minimum atomic E-state index is 0.486. The Bertz CT molecular complexity index is 491. The molecule has 0 radical (unpaired) electrons. The quantitative estimate of drug-likeness (QED) is 0.873. The van der Waals surface area contributed by atoms with Gasteiger partial charge in [0, 0.05) is 25.0 Å². The molecular formula is C14H17N3. The fraction of sp³-hybridized carbons (Fsp3) is 0.357. The second-order valence-corrected chi connectivity index (χ2v) is 4.56. The van der Waals surface area contributed by atoms with Crippen molar-refractivity contribution in [2.24, 2.45) is 0 Å². The molecule has 1 N–H and O–H groups in total. The van der Waals surface area contributed by atoms with E-state index in [0.717, 1.165) is 25.3 Å². The van der Waals surface area contributed by atoms with Gasteiger partial charge in [0.15, 0.2) is 0 Å². The van der Waals surface area contributed by atoms with E-state index in [9.17, 15) is 0 Å². The molecule has 0 atom stereocenters. The van der Waals surface area contributed by atoms with Crippen LogP contribution in [0.15, 0.2) is 36.7 Å². The number of nitrogens with zero attached hydrogens (tertiary/aromatic N) is 2. The van der Waals surface area contributed by atoms with Crippen LogP contribution in [0.4, 0.5) is 5.95 Å². The smallest absolute Gasteiger partial charge is 0.202 e. The van der Waals surface area contributed by atoms with Crippen molar-refractivity contribution in [3.05, 3.63) is 47.8 Å². The summed E-state index contributed by atoms with van der Waals surface area (Å²) >= 11 is 0. The van der Waals surface area contributed by atoms with Crippen LogP contribution in [-0.4, -0.2) is 15.6 Å². The second-order valence-electron chi connectivity index (χ2n) is 4.56. The van der Waals surface area contributed by atoms with Crippen molar-refractivity contribution in [1.29, 1.82) is 0 Å². The zero-order valence-corrected chi connectivity index (χ0v) is 10.1. The van der Waals surface area contributed by atoms with Crippen molar-refractivity contribution in [2.75, 3.05) is 5.32 Å². The Morgan fingerprint density at radius 3 is 2.65 bits per heavy atom. The van der Waals surface area contributed by atoms with Gasteiger partial charge in [-0.25, -0.2) is 4.98 Å². The number of fused-ring (bicyclic) bond motifs is 1. The minimum Gasteiger partial charge on any atom is -0.352 e. The fourth-order valence-corrected chi connectivity index (χ4v) is 2.55. The van der Waals surface area contributed by atoms with Crippen LogP contribution in [0.2, 0.25) is 0 Å². The van der Waals surface area contributed by atoms with Crippen molar-refractivity contribution in [2.45, 2.75) is 32.4 Å². The number of imidazole rings is 1. The van der Waals surface area contributed by atoms with Crippen molar-refractivity contribution in [3.63, 3.8) is 0 Å². The third kappa shape index (κ3) is 1.93. The first-order valence-corrected chi connectivity index (χ1v) is 6.21. The van der Waals surface area contributed by atoms with Crippen LogP contribution in [0.1, 0.15) is 18.1 Å². The van der Waals surface area contributed by atoms with E-state index < -0.39 is 0 Å². The van der Waals surface area contributed by atoms with Crippen LogP contribution in [0.5, 0.6) is 0 Å². The van der Waals surface area contributed by atoms with E-state index >= 15 is 0 Å². The van der Waals surface area contributed by atoms with Gasteiger partial charge in [0.1, 0.15) is 0 Å². The van der Waals surface area contributed by atoms with Crippen LogP contribution in [0.25, 0.3) is 0 Å². The Labute approximate surface area is 101 Å².